The average molecular weight is 244 g/mol. The highest BCUT2D eigenvalue weighted by atomic mass is 79.9. The van der Waals surface area contributed by atoms with Crippen LogP contribution in [0.3, 0.4) is 0 Å². The molecule has 1 saturated heterocycles. The molecule has 0 bridgehead atoms. The van der Waals surface area contributed by atoms with Crippen molar-refractivity contribution in [2.24, 2.45) is 0 Å². The molecule has 1 N–H and O–H groups in total. The lowest BCUT2D eigenvalue weighted by Gasteiger charge is -2.11. The van der Waals surface area contributed by atoms with Gasteiger partial charge in [-0.05, 0) is 48.3 Å². The van der Waals surface area contributed by atoms with Gasteiger partial charge in [0, 0.05) is 18.0 Å². The van der Waals surface area contributed by atoms with Crippen LogP contribution in [0.5, 0.6) is 0 Å². The van der Waals surface area contributed by atoms with Crippen LogP contribution in [-0.4, -0.2) is 12.1 Å². The Morgan fingerprint density at radius 2 is 2.23 bits per heavy atom. The van der Waals surface area contributed by atoms with Crippen LogP contribution in [0.1, 0.15) is 31.9 Å². The average Bonchev–Trinajstić information content (AvgIpc) is 2.58. The molecule has 0 spiro atoms. The highest BCUT2D eigenvalue weighted by Gasteiger charge is 2.31. The summed E-state index contributed by atoms with van der Waals surface area (Å²) in [6, 6.07) is 5.15. The second-order valence-corrected chi connectivity index (χ2v) is 4.62. The molecular weight excluding hydrogens is 230 g/mol. The second-order valence-electron chi connectivity index (χ2n) is 3.84. The number of rotatable bonds is 1. The number of furan rings is 1. The molecule has 0 aromatic carbocycles. The van der Waals surface area contributed by atoms with Gasteiger partial charge in [-0.3, -0.25) is 0 Å². The quantitative estimate of drug-likeness (QED) is 0.821. The van der Waals surface area contributed by atoms with Crippen molar-refractivity contribution in [1.82, 2.24) is 5.32 Å². The summed E-state index contributed by atoms with van der Waals surface area (Å²) in [5.74, 6) is 1.62. The molecule has 0 radical (unpaired) electrons. The summed E-state index contributed by atoms with van der Waals surface area (Å²) in [5.41, 5.74) is 0. The lowest BCUT2D eigenvalue weighted by molar-refractivity contribution is 0.428. The number of hydrogen-bond acceptors (Lipinski definition) is 2. The first-order valence-corrected chi connectivity index (χ1v) is 5.47. The first-order chi connectivity index (χ1) is 6.16. The Balaban J connectivity index is 2.17. The largest absolute Gasteiger partial charge is 0.454 e. The molecule has 0 amide bonds. The van der Waals surface area contributed by atoms with Gasteiger partial charge in [0.2, 0.25) is 0 Å². The van der Waals surface area contributed by atoms with Gasteiger partial charge in [0.05, 0.1) is 0 Å². The van der Waals surface area contributed by atoms with Gasteiger partial charge in [0.15, 0.2) is 4.67 Å². The normalized spacial score (nSPS) is 33.9. The Hall–Kier alpha value is -0.280. The first kappa shape index (κ1) is 9.28. The van der Waals surface area contributed by atoms with Gasteiger partial charge in [-0.25, -0.2) is 0 Å². The minimum atomic E-state index is 0.521. The zero-order valence-electron chi connectivity index (χ0n) is 7.88. The molecule has 1 aliphatic heterocycles. The van der Waals surface area contributed by atoms with Gasteiger partial charge < -0.3 is 9.73 Å². The standard InChI is InChI=1S/C10H14BrNO/c1-6-5-8(7(2)12-6)9-3-4-10(11)13-9/h3-4,6-8,12H,5H2,1-2H3. The molecule has 72 valence electrons. The fraction of sp³-hybridized carbons (Fsp3) is 0.600. The third-order valence-electron chi connectivity index (χ3n) is 2.72. The summed E-state index contributed by atoms with van der Waals surface area (Å²) < 4.78 is 6.39. The molecule has 2 rings (SSSR count). The maximum absolute atomic E-state index is 5.56. The fourth-order valence-corrected chi connectivity index (χ4v) is 2.43. The zero-order valence-corrected chi connectivity index (χ0v) is 9.47. The predicted molar refractivity (Wildman–Crippen MR) is 55.8 cm³/mol. The molecule has 3 unspecified atom stereocenters. The van der Waals surface area contributed by atoms with E-state index in [4.69, 9.17) is 4.42 Å². The van der Waals surface area contributed by atoms with Crippen LogP contribution in [0, 0.1) is 0 Å². The Morgan fingerprint density at radius 3 is 2.69 bits per heavy atom. The van der Waals surface area contributed by atoms with Crippen molar-refractivity contribution in [3.05, 3.63) is 22.6 Å². The van der Waals surface area contributed by atoms with E-state index in [2.05, 4.69) is 41.2 Å². The first-order valence-electron chi connectivity index (χ1n) is 4.68. The molecule has 1 aromatic rings. The number of nitrogens with one attached hydrogen (secondary N) is 1. The minimum absolute atomic E-state index is 0.521. The van der Waals surface area contributed by atoms with Gasteiger partial charge in [0.25, 0.3) is 0 Å². The molecular formula is C10H14BrNO. The maximum atomic E-state index is 5.56. The van der Waals surface area contributed by atoms with Crippen LogP contribution in [0.4, 0.5) is 0 Å². The third-order valence-corrected chi connectivity index (χ3v) is 3.14. The molecule has 0 saturated carbocycles. The van der Waals surface area contributed by atoms with Crippen LogP contribution < -0.4 is 5.32 Å². The molecule has 3 heteroatoms. The van der Waals surface area contributed by atoms with Crippen LogP contribution in [0.25, 0.3) is 0 Å². The molecule has 1 fully saturated rings. The van der Waals surface area contributed by atoms with E-state index in [9.17, 15) is 0 Å². The van der Waals surface area contributed by atoms with Gasteiger partial charge in [0.1, 0.15) is 5.76 Å². The van der Waals surface area contributed by atoms with E-state index < -0.39 is 0 Å². The predicted octanol–water partition coefficient (Wildman–Crippen LogP) is 2.90. The topological polar surface area (TPSA) is 25.2 Å². The fourth-order valence-electron chi connectivity index (χ4n) is 2.11. The monoisotopic (exact) mass is 243 g/mol. The Bertz CT molecular complexity index is 297. The van der Waals surface area contributed by atoms with Crippen LogP contribution in [-0.2, 0) is 0 Å². The van der Waals surface area contributed by atoms with E-state index in [1.807, 2.05) is 6.07 Å². The summed E-state index contributed by atoms with van der Waals surface area (Å²) in [5, 5.41) is 3.50. The highest BCUT2D eigenvalue weighted by Crippen LogP contribution is 2.32. The van der Waals surface area contributed by atoms with E-state index in [0.717, 1.165) is 10.4 Å². The van der Waals surface area contributed by atoms with E-state index in [0.29, 0.717) is 18.0 Å². The smallest absolute Gasteiger partial charge is 0.169 e. The lowest BCUT2D eigenvalue weighted by Crippen LogP contribution is -2.25. The third kappa shape index (κ3) is 1.81. The maximum Gasteiger partial charge on any atom is 0.169 e. The van der Waals surface area contributed by atoms with Gasteiger partial charge >= 0.3 is 0 Å². The van der Waals surface area contributed by atoms with Crippen molar-refractivity contribution in [3.8, 4) is 0 Å². The molecule has 2 heterocycles. The molecule has 13 heavy (non-hydrogen) atoms. The van der Waals surface area contributed by atoms with E-state index in [1.54, 1.807) is 0 Å². The summed E-state index contributed by atoms with van der Waals surface area (Å²) in [4.78, 5) is 0. The number of halogens is 1. The molecule has 1 aromatic heterocycles. The van der Waals surface area contributed by atoms with Gasteiger partial charge in [-0.1, -0.05) is 0 Å². The van der Waals surface area contributed by atoms with Crippen molar-refractivity contribution in [2.75, 3.05) is 0 Å². The minimum Gasteiger partial charge on any atom is -0.454 e. The van der Waals surface area contributed by atoms with E-state index in [-0.39, 0.29) is 0 Å². The van der Waals surface area contributed by atoms with Crippen molar-refractivity contribution < 1.29 is 4.42 Å². The van der Waals surface area contributed by atoms with Crippen molar-refractivity contribution >= 4 is 15.9 Å². The lowest BCUT2D eigenvalue weighted by atomic mass is 9.98. The number of hydrogen-bond donors (Lipinski definition) is 1. The summed E-state index contributed by atoms with van der Waals surface area (Å²) in [7, 11) is 0. The van der Waals surface area contributed by atoms with Crippen molar-refractivity contribution in [3.63, 3.8) is 0 Å². The summed E-state index contributed by atoms with van der Waals surface area (Å²) in [6.45, 7) is 4.43. The Morgan fingerprint density at radius 1 is 1.46 bits per heavy atom. The van der Waals surface area contributed by atoms with Crippen molar-refractivity contribution in [2.45, 2.75) is 38.3 Å². The van der Waals surface area contributed by atoms with Gasteiger partial charge in [-0.2, -0.15) is 0 Å². The van der Waals surface area contributed by atoms with Crippen LogP contribution in [0.2, 0.25) is 0 Å². The Kier molecular flexibility index (Phi) is 2.47. The van der Waals surface area contributed by atoms with Crippen LogP contribution >= 0.6 is 15.9 Å². The molecule has 1 aliphatic rings. The van der Waals surface area contributed by atoms with Gasteiger partial charge in [-0.15, -0.1) is 0 Å². The molecule has 3 atom stereocenters. The molecule has 2 nitrogen and oxygen atoms in total. The van der Waals surface area contributed by atoms with Crippen molar-refractivity contribution in [1.29, 1.82) is 0 Å². The summed E-state index contributed by atoms with van der Waals surface area (Å²) >= 11 is 3.33. The Labute approximate surface area is 86.8 Å². The SMILES string of the molecule is CC1CC(c2ccc(Br)o2)C(C)N1. The van der Waals surface area contributed by atoms with Crippen LogP contribution in [0.15, 0.2) is 21.2 Å². The van der Waals surface area contributed by atoms with E-state index >= 15 is 0 Å². The zero-order chi connectivity index (χ0) is 9.42. The van der Waals surface area contributed by atoms with E-state index in [1.165, 1.54) is 6.42 Å². The highest BCUT2D eigenvalue weighted by molar-refractivity contribution is 9.10. The summed E-state index contributed by atoms with van der Waals surface area (Å²) in [6.07, 6.45) is 1.17. The molecule has 0 aliphatic carbocycles. The second kappa shape index (κ2) is 3.46.